The zero-order valence-corrected chi connectivity index (χ0v) is 14.1. The van der Waals surface area contributed by atoms with E-state index in [1.54, 1.807) is 12.1 Å². The molecule has 4 heteroatoms. The van der Waals surface area contributed by atoms with Gasteiger partial charge in [0.25, 0.3) is 0 Å². The van der Waals surface area contributed by atoms with Crippen LogP contribution in [-0.4, -0.2) is 37.7 Å². The van der Waals surface area contributed by atoms with Crippen molar-refractivity contribution in [2.45, 2.75) is 19.3 Å². The third-order valence-electron chi connectivity index (χ3n) is 4.47. The minimum absolute atomic E-state index is 0.255. The molecule has 1 heterocycles. The zero-order valence-electron chi connectivity index (χ0n) is 14.1. The maximum absolute atomic E-state index is 13.0. The molecule has 1 fully saturated rings. The standard InChI is InChI=1S/C20H24FNO2/c1-16(10-11-22-12-14-23-15-13-22)19-4-2-3-5-20(19)24-18-8-6-17(21)7-9-18/h2-9,16H,10-15H2,1H3. The van der Waals surface area contributed by atoms with Gasteiger partial charge >= 0.3 is 0 Å². The van der Waals surface area contributed by atoms with E-state index in [4.69, 9.17) is 9.47 Å². The fourth-order valence-corrected chi connectivity index (χ4v) is 2.97. The summed E-state index contributed by atoms with van der Waals surface area (Å²) in [7, 11) is 0. The third-order valence-corrected chi connectivity index (χ3v) is 4.47. The van der Waals surface area contributed by atoms with Crippen molar-refractivity contribution in [1.29, 1.82) is 0 Å². The number of benzene rings is 2. The second-order valence-electron chi connectivity index (χ2n) is 6.24. The van der Waals surface area contributed by atoms with Crippen molar-refractivity contribution in [3.63, 3.8) is 0 Å². The number of para-hydroxylation sites is 1. The highest BCUT2D eigenvalue weighted by Crippen LogP contribution is 2.32. The van der Waals surface area contributed by atoms with E-state index in [1.807, 2.05) is 18.2 Å². The molecular weight excluding hydrogens is 305 g/mol. The number of hydrogen-bond donors (Lipinski definition) is 0. The molecule has 1 aliphatic rings. The van der Waals surface area contributed by atoms with Gasteiger partial charge in [-0.2, -0.15) is 0 Å². The van der Waals surface area contributed by atoms with Gasteiger partial charge in [0.2, 0.25) is 0 Å². The van der Waals surface area contributed by atoms with Crippen LogP contribution in [0.3, 0.4) is 0 Å². The second kappa shape index (κ2) is 8.27. The van der Waals surface area contributed by atoms with Crippen LogP contribution < -0.4 is 4.74 Å². The van der Waals surface area contributed by atoms with Gasteiger partial charge in [-0.25, -0.2) is 4.39 Å². The Bertz CT molecular complexity index is 638. The SMILES string of the molecule is CC(CCN1CCOCC1)c1ccccc1Oc1ccc(F)cc1. The molecule has 24 heavy (non-hydrogen) atoms. The highest BCUT2D eigenvalue weighted by molar-refractivity contribution is 5.39. The van der Waals surface area contributed by atoms with Crippen molar-refractivity contribution < 1.29 is 13.9 Å². The summed E-state index contributed by atoms with van der Waals surface area (Å²) in [4.78, 5) is 2.45. The first-order valence-corrected chi connectivity index (χ1v) is 8.55. The number of ether oxygens (including phenoxy) is 2. The van der Waals surface area contributed by atoms with Crippen LogP contribution in [0.4, 0.5) is 4.39 Å². The summed E-state index contributed by atoms with van der Waals surface area (Å²) in [5, 5.41) is 0. The van der Waals surface area contributed by atoms with Crippen LogP contribution in [0.2, 0.25) is 0 Å². The van der Waals surface area contributed by atoms with E-state index in [9.17, 15) is 4.39 Å². The molecule has 0 bridgehead atoms. The smallest absolute Gasteiger partial charge is 0.130 e. The Hall–Kier alpha value is -1.91. The van der Waals surface area contributed by atoms with Gasteiger partial charge in [0.1, 0.15) is 17.3 Å². The molecule has 128 valence electrons. The Morgan fingerprint density at radius 1 is 1.08 bits per heavy atom. The topological polar surface area (TPSA) is 21.7 Å². The molecule has 2 aromatic rings. The van der Waals surface area contributed by atoms with Gasteiger partial charge in [0, 0.05) is 13.1 Å². The quantitative estimate of drug-likeness (QED) is 0.782. The van der Waals surface area contributed by atoms with Gasteiger partial charge in [-0.15, -0.1) is 0 Å². The molecule has 2 aromatic carbocycles. The van der Waals surface area contributed by atoms with Crippen LogP contribution in [0.1, 0.15) is 24.8 Å². The van der Waals surface area contributed by atoms with E-state index < -0.39 is 0 Å². The molecule has 3 nitrogen and oxygen atoms in total. The average Bonchev–Trinajstić information content (AvgIpc) is 2.63. The molecule has 0 aliphatic carbocycles. The highest BCUT2D eigenvalue weighted by atomic mass is 19.1. The van der Waals surface area contributed by atoms with Crippen molar-refractivity contribution in [3.05, 3.63) is 59.9 Å². The Kier molecular flexibility index (Phi) is 5.83. The van der Waals surface area contributed by atoms with Crippen LogP contribution in [0.5, 0.6) is 11.5 Å². The predicted molar refractivity (Wildman–Crippen MR) is 93.2 cm³/mol. The van der Waals surface area contributed by atoms with Crippen LogP contribution in [-0.2, 0) is 4.74 Å². The predicted octanol–water partition coefficient (Wildman–Crippen LogP) is 4.44. The Morgan fingerprint density at radius 3 is 2.54 bits per heavy atom. The Labute approximate surface area is 143 Å². The van der Waals surface area contributed by atoms with Gasteiger partial charge in [-0.05, 0) is 54.8 Å². The molecule has 0 radical (unpaired) electrons. The lowest BCUT2D eigenvalue weighted by Crippen LogP contribution is -2.37. The summed E-state index contributed by atoms with van der Waals surface area (Å²) in [6, 6.07) is 14.2. The highest BCUT2D eigenvalue weighted by Gasteiger charge is 2.15. The van der Waals surface area contributed by atoms with Crippen molar-refractivity contribution in [2.24, 2.45) is 0 Å². The summed E-state index contributed by atoms with van der Waals surface area (Å²) >= 11 is 0. The fraction of sp³-hybridized carbons (Fsp3) is 0.400. The molecule has 1 saturated heterocycles. The zero-order chi connectivity index (χ0) is 16.8. The van der Waals surface area contributed by atoms with Crippen LogP contribution in [0.15, 0.2) is 48.5 Å². The number of morpholine rings is 1. The van der Waals surface area contributed by atoms with Crippen LogP contribution in [0.25, 0.3) is 0 Å². The van der Waals surface area contributed by atoms with Gasteiger partial charge < -0.3 is 9.47 Å². The second-order valence-corrected chi connectivity index (χ2v) is 6.24. The molecule has 1 unspecified atom stereocenters. The molecule has 3 rings (SSSR count). The summed E-state index contributed by atoms with van der Waals surface area (Å²) < 4.78 is 24.4. The minimum Gasteiger partial charge on any atom is -0.457 e. The molecule has 0 aromatic heterocycles. The first kappa shape index (κ1) is 16.9. The molecule has 1 aliphatic heterocycles. The first-order valence-electron chi connectivity index (χ1n) is 8.55. The summed E-state index contributed by atoms with van der Waals surface area (Å²) in [5.41, 5.74) is 1.19. The molecule has 0 amide bonds. The summed E-state index contributed by atoms with van der Waals surface area (Å²) in [5.74, 6) is 1.64. The largest absolute Gasteiger partial charge is 0.457 e. The van der Waals surface area contributed by atoms with Crippen molar-refractivity contribution in [1.82, 2.24) is 4.90 Å². The lowest BCUT2D eigenvalue weighted by Gasteiger charge is -2.28. The van der Waals surface area contributed by atoms with Crippen molar-refractivity contribution in [2.75, 3.05) is 32.8 Å². The van der Waals surface area contributed by atoms with Crippen LogP contribution in [0, 0.1) is 5.82 Å². The molecule has 0 saturated carbocycles. The fourth-order valence-electron chi connectivity index (χ4n) is 2.97. The first-order chi connectivity index (χ1) is 11.7. The molecule has 1 atom stereocenters. The van der Waals surface area contributed by atoms with E-state index >= 15 is 0 Å². The lowest BCUT2D eigenvalue weighted by atomic mass is 9.96. The van der Waals surface area contributed by atoms with E-state index in [2.05, 4.69) is 17.9 Å². The van der Waals surface area contributed by atoms with Gasteiger partial charge in [0.15, 0.2) is 0 Å². The Balaban J connectivity index is 1.65. The van der Waals surface area contributed by atoms with Gasteiger partial charge in [-0.3, -0.25) is 4.90 Å². The average molecular weight is 329 g/mol. The van der Waals surface area contributed by atoms with Crippen molar-refractivity contribution in [3.8, 4) is 11.5 Å². The summed E-state index contributed by atoms with van der Waals surface area (Å²) in [6.45, 7) is 6.99. The number of hydrogen-bond acceptors (Lipinski definition) is 3. The van der Waals surface area contributed by atoms with E-state index in [0.29, 0.717) is 11.7 Å². The Morgan fingerprint density at radius 2 is 1.79 bits per heavy atom. The van der Waals surface area contributed by atoms with Gasteiger partial charge in [0.05, 0.1) is 13.2 Å². The van der Waals surface area contributed by atoms with E-state index in [0.717, 1.165) is 45.0 Å². The number of rotatable bonds is 6. The van der Waals surface area contributed by atoms with E-state index in [-0.39, 0.29) is 5.82 Å². The van der Waals surface area contributed by atoms with Crippen LogP contribution >= 0.6 is 0 Å². The maximum atomic E-state index is 13.0. The maximum Gasteiger partial charge on any atom is 0.130 e. The number of nitrogens with zero attached hydrogens (tertiary/aromatic N) is 1. The van der Waals surface area contributed by atoms with E-state index in [1.165, 1.54) is 17.7 Å². The molecular formula is C20H24FNO2. The lowest BCUT2D eigenvalue weighted by molar-refractivity contribution is 0.0367. The van der Waals surface area contributed by atoms with Gasteiger partial charge in [-0.1, -0.05) is 25.1 Å². The minimum atomic E-state index is -0.255. The molecule has 0 spiro atoms. The third kappa shape index (κ3) is 4.56. The summed E-state index contributed by atoms with van der Waals surface area (Å²) in [6.07, 6.45) is 1.07. The monoisotopic (exact) mass is 329 g/mol. The van der Waals surface area contributed by atoms with Crippen molar-refractivity contribution >= 4 is 0 Å². The molecule has 0 N–H and O–H groups in total. The number of halogens is 1. The normalized spacial score (nSPS) is 16.8.